The van der Waals surface area contributed by atoms with Gasteiger partial charge in [0.25, 0.3) is 0 Å². The van der Waals surface area contributed by atoms with Gasteiger partial charge in [-0.3, -0.25) is 14.6 Å². The van der Waals surface area contributed by atoms with Crippen molar-refractivity contribution in [3.8, 4) is 0 Å². The highest BCUT2D eigenvalue weighted by Gasteiger charge is 2.26. The molecule has 2 aliphatic heterocycles. The van der Waals surface area contributed by atoms with Crippen molar-refractivity contribution < 1.29 is 14.6 Å². The highest BCUT2D eigenvalue weighted by Crippen LogP contribution is 2.11. The molecule has 122 valence electrons. The van der Waals surface area contributed by atoms with E-state index in [4.69, 9.17) is 4.74 Å². The van der Waals surface area contributed by atoms with E-state index in [0.29, 0.717) is 13.1 Å². The van der Waals surface area contributed by atoms with Crippen LogP contribution in [-0.4, -0.2) is 84.9 Å². The van der Waals surface area contributed by atoms with Crippen molar-refractivity contribution in [3.63, 3.8) is 0 Å². The quantitative estimate of drug-likeness (QED) is 0.703. The predicted octanol–water partition coefficient (Wildman–Crippen LogP) is -0.331. The third kappa shape index (κ3) is 5.21. The first-order valence-electron chi connectivity index (χ1n) is 8.10. The molecule has 0 aliphatic carbocycles. The Hall–Kier alpha value is -0.690. The van der Waals surface area contributed by atoms with Crippen LogP contribution in [0.4, 0.5) is 0 Å². The molecule has 3 atom stereocenters. The molecule has 0 saturated carbocycles. The summed E-state index contributed by atoms with van der Waals surface area (Å²) in [5, 5.41) is 12.4. The second kappa shape index (κ2) is 8.08. The summed E-state index contributed by atoms with van der Waals surface area (Å²) in [6, 6.07) is -0.0971. The molecule has 0 unspecified atom stereocenters. The van der Waals surface area contributed by atoms with E-state index >= 15 is 0 Å². The third-order valence-corrected chi connectivity index (χ3v) is 4.38. The van der Waals surface area contributed by atoms with Crippen LogP contribution in [0.25, 0.3) is 0 Å². The lowest BCUT2D eigenvalue weighted by Crippen LogP contribution is -2.55. The fourth-order valence-corrected chi connectivity index (χ4v) is 3.04. The molecule has 0 aromatic carbocycles. The Morgan fingerprint density at radius 2 is 2.05 bits per heavy atom. The van der Waals surface area contributed by atoms with E-state index in [2.05, 4.69) is 15.1 Å². The number of carbonyl (C=O) groups is 1. The molecule has 21 heavy (non-hydrogen) atoms. The van der Waals surface area contributed by atoms with Crippen LogP contribution in [0.3, 0.4) is 0 Å². The first-order chi connectivity index (χ1) is 10.1. The maximum Gasteiger partial charge on any atom is 0.237 e. The van der Waals surface area contributed by atoms with Gasteiger partial charge >= 0.3 is 0 Å². The smallest absolute Gasteiger partial charge is 0.237 e. The fraction of sp³-hybridized carbons (Fsp3) is 0.933. The highest BCUT2D eigenvalue weighted by molar-refractivity contribution is 5.81. The maximum absolute atomic E-state index is 12.2. The number of hydrogen-bond acceptors (Lipinski definition) is 5. The van der Waals surface area contributed by atoms with Gasteiger partial charge in [-0.2, -0.15) is 0 Å². The van der Waals surface area contributed by atoms with Gasteiger partial charge in [-0.25, -0.2) is 0 Å². The van der Waals surface area contributed by atoms with Gasteiger partial charge < -0.3 is 15.2 Å². The number of carbonyl (C=O) groups excluding carboxylic acids is 1. The van der Waals surface area contributed by atoms with Crippen LogP contribution in [-0.2, 0) is 9.53 Å². The van der Waals surface area contributed by atoms with Gasteiger partial charge in [-0.1, -0.05) is 0 Å². The summed E-state index contributed by atoms with van der Waals surface area (Å²) in [5.41, 5.74) is 0. The van der Waals surface area contributed by atoms with Gasteiger partial charge in [0, 0.05) is 45.9 Å². The van der Waals surface area contributed by atoms with Crippen LogP contribution in [0.2, 0.25) is 0 Å². The van der Waals surface area contributed by atoms with Crippen LogP contribution < -0.4 is 5.32 Å². The molecule has 0 aromatic rings. The Bertz CT molecular complexity index is 324. The lowest BCUT2D eigenvalue weighted by Gasteiger charge is -2.37. The average molecular weight is 299 g/mol. The zero-order chi connectivity index (χ0) is 15.2. The minimum absolute atomic E-state index is 0.0921. The monoisotopic (exact) mass is 299 g/mol. The van der Waals surface area contributed by atoms with Gasteiger partial charge in [0.15, 0.2) is 0 Å². The zero-order valence-electron chi connectivity index (χ0n) is 13.3. The topological polar surface area (TPSA) is 65.0 Å². The van der Waals surface area contributed by atoms with Gasteiger partial charge in [-0.15, -0.1) is 0 Å². The largest absolute Gasteiger partial charge is 0.392 e. The molecule has 2 rings (SSSR count). The molecule has 2 N–H and O–H groups in total. The van der Waals surface area contributed by atoms with Gasteiger partial charge in [0.1, 0.15) is 0 Å². The molecule has 2 heterocycles. The number of aliphatic hydroxyl groups is 1. The van der Waals surface area contributed by atoms with Crippen LogP contribution in [0, 0.1) is 0 Å². The van der Waals surface area contributed by atoms with Gasteiger partial charge in [-0.05, 0) is 26.7 Å². The molecule has 0 bridgehead atoms. The highest BCUT2D eigenvalue weighted by atomic mass is 16.5. The van der Waals surface area contributed by atoms with E-state index in [-0.39, 0.29) is 24.2 Å². The van der Waals surface area contributed by atoms with Gasteiger partial charge in [0.2, 0.25) is 5.91 Å². The van der Waals surface area contributed by atoms with E-state index in [1.54, 1.807) is 0 Å². The Morgan fingerprint density at radius 3 is 2.62 bits per heavy atom. The van der Waals surface area contributed by atoms with Crippen molar-refractivity contribution in [1.82, 2.24) is 15.1 Å². The average Bonchev–Trinajstić information content (AvgIpc) is 2.97. The second-order valence-corrected chi connectivity index (χ2v) is 6.24. The number of β-amino-alcohol motifs (C(OH)–C–C–N with tert-alkyl or cyclic N) is 1. The second-order valence-electron chi connectivity index (χ2n) is 6.24. The number of rotatable bonds is 6. The Morgan fingerprint density at radius 1 is 1.33 bits per heavy atom. The summed E-state index contributed by atoms with van der Waals surface area (Å²) in [5.74, 6) is 0.0921. The van der Waals surface area contributed by atoms with E-state index < -0.39 is 0 Å². The van der Waals surface area contributed by atoms with Crippen LogP contribution in [0.1, 0.15) is 26.7 Å². The molecule has 0 aromatic heterocycles. The normalized spacial score (nSPS) is 27.5. The molecular formula is C15H29N3O3. The maximum atomic E-state index is 12.2. The van der Waals surface area contributed by atoms with E-state index in [0.717, 1.165) is 45.6 Å². The first-order valence-corrected chi connectivity index (χ1v) is 8.10. The molecule has 2 aliphatic rings. The summed E-state index contributed by atoms with van der Waals surface area (Å²) >= 11 is 0. The molecule has 6 nitrogen and oxygen atoms in total. The summed E-state index contributed by atoms with van der Waals surface area (Å²) in [6.07, 6.45) is 2.06. The summed E-state index contributed by atoms with van der Waals surface area (Å²) in [4.78, 5) is 16.7. The van der Waals surface area contributed by atoms with Crippen molar-refractivity contribution in [2.24, 2.45) is 0 Å². The van der Waals surface area contributed by atoms with Crippen molar-refractivity contribution in [1.29, 1.82) is 0 Å². The minimum Gasteiger partial charge on any atom is -0.392 e. The molecule has 0 spiro atoms. The van der Waals surface area contributed by atoms with Crippen molar-refractivity contribution >= 4 is 5.91 Å². The number of aliphatic hydroxyl groups excluding tert-OH is 1. The lowest BCUT2D eigenvalue weighted by molar-refractivity contribution is -0.127. The van der Waals surface area contributed by atoms with E-state index in [9.17, 15) is 9.90 Å². The lowest BCUT2D eigenvalue weighted by atomic mass is 10.2. The Kier molecular flexibility index (Phi) is 6.41. The fourth-order valence-electron chi connectivity index (χ4n) is 3.04. The molecule has 1 amide bonds. The van der Waals surface area contributed by atoms with E-state index in [1.165, 1.54) is 0 Å². The molecule has 6 heteroatoms. The van der Waals surface area contributed by atoms with Crippen LogP contribution >= 0.6 is 0 Å². The summed E-state index contributed by atoms with van der Waals surface area (Å²) in [6.45, 7) is 9.52. The number of piperazine rings is 1. The standard InChI is InChI=1S/C15H29N3O3/c1-12(19)11-17-5-7-18(8-6-17)13(2)15(20)16-10-14-4-3-9-21-14/h12-14,19H,3-11H2,1-2H3,(H,16,20)/t12-,13-,14-/m0/s1. The summed E-state index contributed by atoms with van der Waals surface area (Å²) < 4.78 is 5.52. The zero-order valence-corrected chi connectivity index (χ0v) is 13.3. The van der Waals surface area contributed by atoms with Crippen molar-refractivity contribution in [2.75, 3.05) is 45.9 Å². The molecular weight excluding hydrogens is 270 g/mol. The molecule has 2 fully saturated rings. The number of amides is 1. The Labute approximate surface area is 127 Å². The van der Waals surface area contributed by atoms with Crippen molar-refractivity contribution in [3.05, 3.63) is 0 Å². The minimum atomic E-state index is -0.288. The molecule has 0 radical (unpaired) electrons. The predicted molar refractivity (Wildman–Crippen MR) is 81.1 cm³/mol. The van der Waals surface area contributed by atoms with E-state index in [1.807, 2.05) is 13.8 Å². The SMILES string of the molecule is C[C@H](O)CN1CCN([C@@H](C)C(=O)NC[C@@H]2CCCO2)CC1. The number of hydrogen-bond donors (Lipinski definition) is 2. The summed E-state index contributed by atoms with van der Waals surface area (Å²) in [7, 11) is 0. The van der Waals surface area contributed by atoms with Crippen LogP contribution in [0.5, 0.6) is 0 Å². The number of ether oxygens (including phenoxy) is 1. The van der Waals surface area contributed by atoms with Crippen LogP contribution in [0.15, 0.2) is 0 Å². The third-order valence-electron chi connectivity index (χ3n) is 4.38. The van der Waals surface area contributed by atoms with Gasteiger partial charge in [0.05, 0.1) is 18.2 Å². The number of nitrogens with one attached hydrogen (secondary N) is 1. The Balaban J connectivity index is 1.68. The number of nitrogens with zero attached hydrogens (tertiary/aromatic N) is 2. The van der Waals surface area contributed by atoms with Crippen molar-refractivity contribution in [2.45, 2.75) is 44.9 Å². The molecule has 2 saturated heterocycles. The first kappa shape index (κ1) is 16.7.